The number of benzene rings is 2. The molecule has 2 aromatic carbocycles. The summed E-state index contributed by atoms with van der Waals surface area (Å²) in [6.45, 7) is 3.16. The van der Waals surface area contributed by atoms with E-state index in [2.05, 4.69) is 27.2 Å². The van der Waals surface area contributed by atoms with Crippen molar-refractivity contribution in [2.75, 3.05) is 13.7 Å². The summed E-state index contributed by atoms with van der Waals surface area (Å²) in [4.78, 5) is 17.8. The van der Waals surface area contributed by atoms with Crippen molar-refractivity contribution in [1.82, 2.24) is 10.0 Å². The third-order valence-corrected chi connectivity index (χ3v) is 4.76. The first-order chi connectivity index (χ1) is 12.2. The molecule has 0 fully saturated rings. The van der Waals surface area contributed by atoms with Gasteiger partial charge in [0.05, 0.1) is 17.2 Å². The molecule has 3 rings (SSSR count). The van der Waals surface area contributed by atoms with Crippen molar-refractivity contribution in [3.8, 4) is 0 Å². The van der Waals surface area contributed by atoms with Gasteiger partial charge in [0.2, 0.25) is 5.84 Å². The van der Waals surface area contributed by atoms with Crippen molar-refractivity contribution in [2.24, 2.45) is 4.99 Å². The zero-order valence-electron chi connectivity index (χ0n) is 14.3. The van der Waals surface area contributed by atoms with E-state index in [1.54, 1.807) is 7.11 Å². The van der Waals surface area contributed by atoms with Crippen molar-refractivity contribution < 1.29 is 9.53 Å². The molecule has 1 amide bonds. The Morgan fingerprint density at radius 3 is 2.84 bits per heavy atom. The van der Waals surface area contributed by atoms with Gasteiger partial charge in [0.15, 0.2) is 0 Å². The van der Waals surface area contributed by atoms with Crippen molar-refractivity contribution in [2.45, 2.75) is 24.8 Å². The number of carbonyl (C=O) groups is 1. The van der Waals surface area contributed by atoms with E-state index < -0.39 is 0 Å². The van der Waals surface area contributed by atoms with Crippen LogP contribution in [-0.2, 0) is 22.6 Å². The number of hydrogen-bond donors (Lipinski definition) is 2. The fraction of sp³-hybridized carbons (Fsp3) is 0.263. The first kappa shape index (κ1) is 17.5. The summed E-state index contributed by atoms with van der Waals surface area (Å²) in [6.07, 6.45) is 0.751. The number of nitrogens with one attached hydrogen (secondary N) is 2. The Morgan fingerprint density at radius 2 is 2.04 bits per heavy atom. The van der Waals surface area contributed by atoms with Crippen LogP contribution in [0.4, 0.5) is 5.69 Å². The van der Waals surface area contributed by atoms with E-state index in [4.69, 9.17) is 4.74 Å². The van der Waals surface area contributed by atoms with Gasteiger partial charge in [0.25, 0.3) is 5.91 Å². The molecule has 130 valence electrons. The summed E-state index contributed by atoms with van der Waals surface area (Å²) in [6, 6.07) is 14.1. The molecule has 5 nitrogen and oxygen atoms in total. The van der Waals surface area contributed by atoms with Crippen molar-refractivity contribution in [3.05, 3.63) is 59.2 Å². The monoisotopic (exact) mass is 355 g/mol. The van der Waals surface area contributed by atoms with Crippen LogP contribution in [0.5, 0.6) is 0 Å². The minimum atomic E-state index is -0.192. The van der Waals surface area contributed by atoms with Gasteiger partial charge in [-0.25, -0.2) is 4.99 Å². The molecule has 2 N–H and O–H groups in total. The second kappa shape index (κ2) is 8.18. The molecule has 0 saturated heterocycles. The van der Waals surface area contributed by atoms with E-state index in [0.717, 1.165) is 22.6 Å². The predicted octanol–water partition coefficient (Wildman–Crippen LogP) is 3.14. The molecule has 0 unspecified atom stereocenters. The van der Waals surface area contributed by atoms with Crippen LogP contribution in [-0.4, -0.2) is 25.4 Å². The van der Waals surface area contributed by atoms with E-state index in [0.29, 0.717) is 19.0 Å². The number of amidine groups is 1. The number of rotatable bonds is 6. The van der Waals surface area contributed by atoms with E-state index in [9.17, 15) is 4.79 Å². The molecule has 25 heavy (non-hydrogen) atoms. The van der Waals surface area contributed by atoms with Gasteiger partial charge in [0.1, 0.15) is 0 Å². The Morgan fingerprint density at radius 1 is 1.24 bits per heavy atom. The average Bonchev–Trinajstić information content (AvgIpc) is 2.63. The van der Waals surface area contributed by atoms with Gasteiger partial charge < -0.3 is 14.8 Å². The first-order valence-electron chi connectivity index (χ1n) is 8.13. The molecular formula is C19H21N3O2S. The van der Waals surface area contributed by atoms with E-state index in [1.165, 1.54) is 23.1 Å². The van der Waals surface area contributed by atoms with Crippen LogP contribution in [0.1, 0.15) is 16.7 Å². The lowest BCUT2D eigenvalue weighted by molar-refractivity contribution is -0.114. The fourth-order valence-electron chi connectivity index (χ4n) is 2.63. The van der Waals surface area contributed by atoms with Crippen molar-refractivity contribution in [1.29, 1.82) is 0 Å². The van der Waals surface area contributed by atoms with Crippen LogP contribution in [0, 0.1) is 6.92 Å². The molecular weight excluding hydrogens is 334 g/mol. The van der Waals surface area contributed by atoms with Gasteiger partial charge in [-0.15, -0.1) is 0 Å². The molecule has 0 aromatic heterocycles. The molecule has 0 bridgehead atoms. The predicted molar refractivity (Wildman–Crippen MR) is 101 cm³/mol. The maximum atomic E-state index is 12.3. The van der Waals surface area contributed by atoms with Crippen LogP contribution in [0.3, 0.4) is 0 Å². The molecule has 2 aromatic rings. The van der Waals surface area contributed by atoms with E-state index in [1.807, 2.05) is 37.3 Å². The van der Waals surface area contributed by atoms with Crippen molar-refractivity contribution in [3.63, 3.8) is 0 Å². The van der Waals surface area contributed by atoms with Crippen LogP contribution in [0.2, 0.25) is 0 Å². The Bertz CT molecular complexity index is 805. The number of ether oxygens (including phenoxy) is 1. The molecule has 0 radical (unpaired) electrons. The highest BCUT2D eigenvalue weighted by Gasteiger charge is 2.18. The van der Waals surface area contributed by atoms with E-state index in [-0.39, 0.29) is 5.91 Å². The summed E-state index contributed by atoms with van der Waals surface area (Å²) in [5, 5.41) is 2.93. The van der Waals surface area contributed by atoms with Gasteiger partial charge in [-0.05, 0) is 54.1 Å². The summed E-state index contributed by atoms with van der Waals surface area (Å²) >= 11 is 1.42. The molecule has 1 aliphatic heterocycles. The largest absolute Gasteiger partial charge is 0.380 e. The zero-order chi connectivity index (χ0) is 17.6. The van der Waals surface area contributed by atoms with Crippen molar-refractivity contribution >= 4 is 29.4 Å². The smallest absolute Gasteiger partial charge is 0.287 e. The van der Waals surface area contributed by atoms with Crippen LogP contribution >= 0.6 is 11.9 Å². The SMILES string of the molecule is COCc1ccccc1CCNC(=O)C1=Nc2ccc(C)cc2SN1. The maximum Gasteiger partial charge on any atom is 0.287 e. The highest BCUT2D eigenvalue weighted by Crippen LogP contribution is 2.31. The molecule has 6 heteroatoms. The highest BCUT2D eigenvalue weighted by atomic mass is 32.2. The number of methoxy groups -OCH3 is 1. The number of aliphatic imine (C=N–C) groups is 1. The standard InChI is InChI=1S/C19H21N3O2S/c1-13-7-8-16-17(11-13)25-22-18(21-16)19(23)20-10-9-14-5-3-4-6-15(14)12-24-2/h3-8,11H,9-10,12H2,1-2H3,(H,20,23)(H,21,22). The summed E-state index contributed by atoms with van der Waals surface area (Å²) in [5.41, 5.74) is 4.32. The van der Waals surface area contributed by atoms with Crippen LogP contribution in [0.25, 0.3) is 0 Å². The Balaban J connectivity index is 1.59. The van der Waals surface area contributed by atoms with Crippen LogP contribution < -0.4 is 10.0 Å². The molecule has 0 saturated carbocycles. The van der Waals surface area contributed by atoms with Gasteiger partial charge in [-0.1, -0.05) is 30.3 Å². The van der Waals surface area contributed by atoms with Gasteiger partial charge in [-0.2, -0.15) is 0 Å². The molecule has 1 heterocycles. The van der Waals surface area contributed by atoms with Gasteiger partial charge in [-0.3, -0.25) is 4.79 Å². The normalized spacial score (nSPS) is 12.8. The zero-order valence-corrected chi connectivity index (χ0v) is 15.2. The second-order valence-corrected chi connectivity index (χ2v) is 6.69. The third-order valence-electron chi connectivity index (χ3n) is 3.92. The quantitative estimate of drug-likeness (QED) is 0.782. The van der Waals surface area contributed by atoms with Crippen LogP contribution in [0.15, 0.2) is 52.4 Å². The lowest BCUT2D eigenvalue weighted by Crippen LogP contribution is -2.39. The summed E-state index contributed by atoms with van der Waals surface area (Å²) in [7, 11) is 1.68. The average molecular weight is 355 g/mol. The Kier molecular flexibility index (Phi) is 5.73. The molecule has 0 spiro atoms. The summed E-state index contributed by atoms with van der Waals surface area (Å²) in [5.74, 6) is 0.148. The Labute approximate surface area is 152 Å². The number of fused-ring (bicyclic) bond motifs is 1. The number of nitrogens with zero attached hydrogens (tertiary/aromatic N) is 1. The second-order valence-electron chi connectivity index (χ2n) is 5.84. The number of aryl methyl sites for hydroxylation is 1. The van der Waals surface area contributed by atoms with E-state index >= 15 is 0 Å². The summed E-state index contributed by atoms with van der Waals surface area (Å²) < 4.78 is 8.23. The molecule has 0 aliphatic carbocycles. The Hall–Kier alpha value is -2.31. The molecule has 1 aliphatic rings. The minimum absolute atomic E-state index is 0.192. The number of amides is 1. The first-order valence-corrected chi connectivity index (χ1v) is 8.95. The topological polar surface area (TPSA) is 62.7 Å². The lowest BCUT2D eigenvalue weighted by atomic mass is 10.1. The highest BCUT2D eigenvalue weighted by molar-refractivity contribution is 7.98. The number of carbonyl (C=O) groups excluding carboxylic acids is 1. The lowest BCUT2D eigenvalue weighted by Gasteiger charge is -2.16. The fourth-order valence-corrected chi connectivity index (χ4v) is 3.44. The third kappa shape index (κ3) is 4.41. The molecule has 0 atom stereocenters. The van der Waals surface area contributed by atoms with Gasteiger partial charge >= 0.3 is 0 Å². The number of hydrogen-bond acceptors (Lipinski definition) is 5. The minimum Gasteiger partial charge on any atom is -0.380 e. The van der Waals surface area contributed by atoms with Gasteiger partial charge in [0, 0.05) is 13.7 Å². The maximum absolute atomic E-state index is 12.3.